The maximum Gasteiger partial charge on any atom is 0.165 e. The summed E-state index contributed by atoms with van der Waals surface area (Å²) in [5, 5.41) is 0. The number of halogens is 1. The minimum absolute atomic E-state index is 0.201. The second-order valence-corrected chi connectivity index (χ2v) is 4.46. The number of hydrogen-bond acceptors (Lipinski definition) is 4. The SMILES string of the molecule is O=Cc1ccc(OCCCN2CCOCC2)c(F)c1. The molecule has 0 spiro atoms. The molecule has 0 saturated carbocycles. The quantitative estimate of drug-likeness (QED) is 0.581. The van der Waals surface area contributed by atoms with Gasteiger partial charge in [0.05, 0.1) is 19.8 Å². The van der Waals surface area contributed by atoms with Crippen molar-refractivity contribution in [2.75, 3.05) is 39.5 Å². The Morgan fingerprint density at radius 1 is 1.37 bits per heavy atom. The molecule has 0 unspecified atom stereocenters. The summed E-state index contributed by atoms with van der Waals surface area (Å²) in [5.74, 6) is -0.288. The summed E-state index contributed by atoms with van der Waals surface area (Å²) in [6.07, 6.45) is 1.46. The fourth-order valence-corrected chi connectivity index (χ4v) is 2.00. The van der Waals surface area contributed by atoms with Gasteiger partial charge in [0.25, 0.3) is 0 Å². The Bertz CT molecular complexity index is 419. The molecule has 1 fully saturated rings. The summed E-state index contributed by atoms with van der Waals surface area (Å²) < 4.78 is 24.1. The number of nitrogens with zero attached hydrogens (tertiary/aromatic N) is 1. The average molecular weight is 267 g/mol. The highest BCUT2D eigenvalue weighted by Gasteiger charge is 2.10. The number of rotatable bonds is 6. The molecule has 0 aromatic heterocycles. The highest BCUT2D eigenvalue weighted by molar-refractivity contribution is 5.74. The fourth-order valence-electron chi connectivity index (χ4n) is 2.00. The third kappa shape index (κ3) is 4.29. The largest absolute Gasteiger partial charge is 0.490 e. The van der Waals surface area contributed by atoms with Crippen LogP contribution >= 0.6 is 0 Å². The molecule has 1 aromatic carbocycles. The Morgan fingerprint density at radius 2 is 2.16 bits per heavy atom. The number of ether oxygens (including phenoxy) is 2. The molecular weight excluding hydrogens is 249 g/mol. The van der Waals surface area contributed by atoms with Gasteiger partial charge in [0, 0.05) is 25.2 Å². The molecule has 104 valence electrons. The van der Waals surface area contributed by atoms with Gasteiger partial charge in [-0.05, 0) is 24.6 Å². The van der Waals surface area contributed by atoms with Crippen molar-refractivity contribution in [1.29, 1.82) is 0 Å². The first-order valence-electron chi connectivity index (χ1n) is 6.47. The van der Waals surface area contributed by atoms with E-state index >= 15 is 0 Å². The number of hydrogen-bond donors (Lipinski definition) is 0. The van der Waals surface area contributed by atoms with Crippen LogP contribution in [0.3, 0.4) is 0 Å². The van der Waals surface area contributed by atoms with E-state index in [0.717, 1.165) is 39.3 Å². The molecule has 1 aromatic rings. The lowest BCUT2D eigenvalue weighted by molar-refractivity contribution is 0.0357. The molecule has 0 amide bonds. The van der Waals surface area contributed by atoms with Crippen molar-refractivity contribution in [2.45, 2.75) is 6.42 Å². The Hall–Kier alpha value is -1.46. The van der Waals surface area contributed by atoms with Crippen molar-refractivity contribution >= 4 is 6.29 Å². The molecule has 5 heteroatoms. The van der Waals surface area contributed by atoms with Crippen LogP contribution < -0.4 is 4.74 Å². The lowest BCUT2D eigenvalue weighted by atomic mass is 10.2. The van der Waals surface area contributed by atoms with Gasteiger partial charge >= 0.3 is 0 Å². The van der Waals surface area contributed by atoms with Crippen LogP contribution in [-0.2, 0) is 4.74 Å². The number of morpholine rings is 1. The van der Waals surface area contributed by atoms with Crippen molar-refractivity contribution < 1.29 is 18.7 Å². The first kappa shape index (κ1) is 14.0. The number of aldehydes is 1. The molecule has 0 N–H and O–H groups in total. The molecule has 0 atom stereocenters. The first-order valence-corrected chi connectivity index (χ1v) is 6.47. The van der Waals surface area contributed by atoms with Gasteiger partial charge in [-0.1, -0.05) is 0 Å². The van der Waals surface area contributed by atoms with Gasteiger partial charge in [-0.2, -0.15) is 0 Å². The van der Waals surface area contributed by atoms with Crippen molar-refractivity contribution in [3.63, 3.8) is 0 Å². The molecule has 1 heterocycles. The summed E-state index contributed by atoms with van der Waals surface area (Å²) in [7, 11) is 0. The van der Waals surface area contributed by atoms with E-state index in [0.29, 0.717) is 18.5 Å². The average Bonchev–Trinajstić information content (AvgIpc) is 2.46. The van der Waals surface area contributed by atoms with Crippen LogP contribution in [0.25, 0.3) is 0 Å². The van der Waals surface area contributed by atoms with Crippen LogP contribution in [0.15, 0.2) is 18.2 Å². The molecule has 0 bridgehead atoms. The predicted molar refractivity (Wildman–Crippen MR) is 69.2 cm³/mol. The maximum atomic E-state index is 13.5. The van der Waals surface area contributed by atoms with E-state index < -0.39 is 5.82 Å². The molecule has 1 saturated heterocycles. The molecule has 1 aliphatic rings. The summed E-state index contributed by atoms with van der Waals surface area (Å²) in [6, 6.07) is 4.23. The van der Waals surface area contributed by atoms with Gasteiger partial charge < -0.3 is 9.47 Å². The maximum absolute atomic E-state index is 13.5. The van der Waals surface area contributed by atoms with Gasteiger partial charge in [0.15, 0.2) is 11.6 Å². The second kappa shape index (κ2) is 7.21. The second-order valence-electron chi connectivity index (χ2n) is 4.46. The first-order chi connectivity index (χ1) is 9.29. The summed E-state index contributed by atoms with van der Waals surface area (Å²) in [6.45, 7) is 4.85. The Balaban J connectivity index is 1.71. The fraction of sp³-hybridized carbons (Fsp3) is 0.500. The van der Waals surface area contributed by atoms with Crippen LogP contribution in [0.1, 0.15) is 16.8 Å². The predicted octanol–water partition coefficient (Wildman–Crippen LogP) is 1.74. The van der Waals surface area contributed by atoms with Crippen molar-refractivity contribution in [2.24, 2.45) is 0 Å². The van der Waals surface area contributed by atoms with E-state index in [1.165, 1.54) is 12.1 Å². The molecule has 2 rings (SSSR count). The van der Waals surface area contributed by atoms with Gasteiger partial charge in [0.1, 0.15) is 6.29 Å². The van der Waals surface area contributed by atoms with Crippen molar-refractivity contribution in [3.05, 3.63) is 29.6 Å². The zero-order chi connectivity index (χ0) is 13.5. The van der Waals surface area contributed by atoms with Crippen LogP contribution in [0, 0.1) is 5.82 Å². The van der Waals surface area contributed by atoms with Gasteiger partial charge in [-0.25, -0.2) is 4.39 Å². The highest BCUT2D eigenvalue weighted by Crippen LogP contribution is 2.17. The minimum atomic E-state index is -0.490. The normalized spacial score (nSPS) is 16.3. The Labute approximate surface area is 112 Å². The zero-order valence-corrected chi connectivity index (χ0v) is 10.8. The molecule has 19 heavy (non-hydrogen) atoms. The third-order valence-electron chi connectivity index (χ3n) is 3.07. The van der Waals surface area contributed by atoms with Crippen LogP contribution in [0.5, 0.6) is 5.75 Å². The van der Waals surface area contributed by atoms with Crippen molar-refractivity contribution in [1.82, 2.24) is 4.90 Å². The summed E-state index contributed by atoms with van der Waals surface area (Å²) in [4.78, 5) is 12.8. The van der Waals surface area contributed by atoms with E-state index in [1.54, 1.807) is 6.07 Å². The van der Waals surface area contributed by atoms with Crippen LogP contribution in [0.4, 0.5) is 4.39 Å². The lowest BCUT2D eigenvalue weighted by Gasteiger charge is -2.26. The highest BCUT2D eigenvalue weighted by atomic mass is 19.1. The molecule has 0 aliphatic carbocycles. The number of benzene rings is 1. The molecule has 4 nitrogen and oxygen atoms in total. The minimum Gasteiger partial charge on any atom is -0.490 e. The van der Waals surface area contributed by atoms with Crippen LogP contribution in [0.2, 0.25) is 0 Å². The number of carbonyl (C=O) groups excluding carboxylic acids is 1. The van der Waals surface area contributed by atoms with E-state index in [-0.39, 0.29) is 5.75 Å². The summed E-state index contributed by atoms with van der Waals surface area (Å²) >= 11 is 0. The van der Waals surface area contributed by atoms with Crippen molar-refractivity contribution in [3.8, 4) is 5.75 Å². The Kier molecular flexibility index (Phi) is 5.30. The number of carbonyl (C=O) groups is 1. The van der Waals surface area contributed by atoms with Crippen LogP contribution in [-0.4, -0.2) is 50.6 Å². The zero-order valence-electron chi connectivity index (χ0n) is 10.8. The molecule has 0 radical (unpaired) electrons. The monoisotopic (exact) mass is 267 g/mol. The molecule has 1 aliphatic heterocycles. The van der Waals surface area contributed by atoms with Gasteiger partial charge in [-0.3, -0.25) is 9.69 Å². The standard InChI is InChI=1S/C14H18FNO3/c15-13-10-12(11-17)2-3-14(13)19-7-1-4-16-5-8-18-9-6-16/h2-3,10-11H,1,4-9H2. The van der Waals surface area contributed by atoms with Gasteiger partial charge in [0.2, 0.25) is 0 Å². The third-order valence-corrected chi connectivity index (χ3v) is 3.07. The topological polar surface area (TPSA) is 38.8 Å². The lowest BCUT2D eigenvalue weighted by Crippen LogP contribution is -2.37. The smallest absolute Gasteiger partial charge is 0.165 e. The van der Waals surface area contributed by atoms with E-state index in [2.05, 4.69) is 4.90 Å². The summed E-state index contributed by atoms with van der Waals surface area (Å²) in [5.41, 5.74) is 0.318. The van der Waals surface area contributed by atoms with Gasteiger partial charge in [-0.15, -0.1) is 0 Å². The van der Waals surface area contributed by atoms with E-state index in [1.807, 2.05) is 0 Å². The molecular formula is C14H18FNO3. The van der Waals surface area contributed by atoms with E-state index in [4.69, 9.17) is 9.47 Å². The van der Waals surface area contributed by atoms with E-state index in [9.17, 15) is 9.18 Å². The Morgan fingerprint density at radius 3 is 2.84 bits per heavy atom.